The molecule has 0 fully saturated rings. The number of fused-ring (bicyclic) bond motifs is 10. The van der Waals surface area contributed by atoms with E-state index in [1.165, 1.54) is 128 Å². The van der Waals surface area contributed by atoms with Gasteiger partial charge in [-0.25, -0.2) is 0 Å². The highest BCUT2D eigenvalue weighted by Gasteiger charge is 2.39. The lowest BCUT2D eigenvalue weighted by atomic mass is 9.78. The molecule has 316 valence electrons. The Labute approximate surface area is 385 Å². The zero-order valence-electron chi connectivity index (χ0n) is 39.2. The first kappa shape index (κ1) is 39.8. The SMILES string of the molecule is CC(C)(C)c1ccc2c(c1)C(C)(C)c1cc(-c3ccc4c(c3)C(C)(C)c3cc(-c5ccc6c(c5)C(C)(C)c5cc(-c7ccc(-c8cccc9ccccc89)cc7)ccc5-6)ccc3-4)ccc1-2. The van der Waals surface area contributed by atoms with E-state index >= 15 is 0 Å². The van der Waals surface area contributed by atoms with Gasteiger partial charge in [0.05, 0.1) is 0 Å². The van der Waals surface area contributed by atoms with Crippen molar-refractivity contribution in [2.45, 2.75) is 84.0 Å². The average molecular weight is 837 g/mol. The molecule has 0 saturated heterocycles. The summed E-state index contributed by atoms with van der Waals surface area (Å²) < 4.78 is 0. The van der Waals surface area contributed by atoms with Crippen LogP contribution in [0.15, 0.2) is 176 Å². The van der Waals surface area contributed by atoms with E-state index in [0.717, 1.165) is 0 Å². The Morgan fingerprint density at radius 2 is 0.600 bits per heavy atom. The molecule has 0 N–H and O–H groups in total. The molecule has 0 amide bonds. The second kappa shape index (κ2) is 13.6. The minimum Gasteiger partial charge on any atom is -0.0616 e. The van der Waals surface area contributed by atoms with Gasteiger partial charge in [-0.1, -0.05) is 208 Å². The Morgan fingerprint density at radius 1 is 0.277 bits per heavy atom. The number of hydrogen-bond acceptors (Lipinski definition) is 0. The van der Waals surface area contributed by atoms with Gasteiger partial charge in [-0.05, 0) is 163 Å². The predicted octanol–water partition coefficient (Wildman–Crippen LogP) is 17.7. The topological polar surface area (TPSA) is 0 Å². The molecule has 0 heteroatoms. The zero-order valence-corrected chi connectivity index (χ0v) is 39.2. The van der Waals surface area contributed by atoms with E-state index in [2.05, 4.69) is 238 Å². The summed E-state index contributed by atoms with van der Waals surface area (Å²) in [4.78, 5) is 0. The van der Waals surface area contributed by atoms with Crippen molar-refractivity contribution in [3.63, 3.8) is 0 Å². The summed E-state index contributed by atoms with van der Waals surface area (Å²) in [5.74, 6) is 0. The van der Waals surface area contributed by atoms with E-state index in [1.807, 2.05) is 0 Å². The average Bonchev–Trinajstić information content (AvgIpc) is 3.79. The Morgan fingerprint density at radius 3 is 1.02 bits per heavy atom. The second-order valence-corrected chi connectivity index (χ2v) is 21.8. The van der Waals surface area contributed by atoms with Gasteiger partial charge in [-0.2, -0.15) is 0 Å². The lowest BCUT2D eigenvalue weighted by molar-refractivity contribution is 0.584. The quantitative estimate of drug-likeness (QED) is 0.166. The van der Waals surface area contributed by atoms with Gasteiger partial charge in [0.25, 0.3) is 0 Å². The highest BCUT2D eigenvalue weighted by molar-refractivity contribution is 5.97. The highest BCUT2D eigenvalue weighted by Crippen LogP contribution is 2.55. The fraction of sp³-hybridized carbons (Fsp3) is 0.200. The Bertz CT molecular complexity index is 3460. The molecule has 0 saturated carbocycles. The third-order valence-electron chi connectivity index (χ3n) is 15.9. The van der Waals surface area contributed by atoms with Crippen molar-refractivity contribution >= 4 is 10.8 Å². The maximum Gasteiger partial charge on any atom is 0.0159 e. The van der Waals surface area contributed by atoms with Crippen LogP contribution in [0.5, 0.6) is 0 Å². The summed E-state index contributed by atoms with van der Waals surface area (Å²) in [6, 6.07) is 67.4. The first-order chi connectivity index (χ1) is 31.1. The van der Waals surface area contributed by atoms with Gasteiger partial charge < -0.3 is 0 Å². The van der Waals surface area contributed by atoms with Crippen molar-refractivity contribution in [2.75, 3.05) is 0 Å². The molecule has 9 aromatic rings. The van der Waals surface area contributed by atoms with E-state index in [4.69, 9.17) is 0 Å². The first-order valence-corrected chi connectivity index (χ1v) is 23.6. The standard InChI is InChI=1S/C65H56/c1-62(2,3)47-26-32-55-54-31-25-46(37-60(54)65(8,9)61(55)38-47)45-24-30-53-52-29-23-44(35-58(52)64(6,7)59(53)36-45)43-22-28-51-50-27-21-42(33-56(50)63(4,5)57(51)34-43)39-17-19-41(20-18-39)49-16-12-14-40-13-10-11-15-48(40)49/h10-38H,1-9H3. The normalized spacial score (nSPS) is 15.5. The zero-order chi connectivity index (χ0) is 44.8. The molecule has 0 unspecified atom stereocenters. The minimum absolute atomic E-state index is 0.0599. The van der Waals surface area contributed by atoms with Crippen molar-refractivity contribution < 1.29 is 0 Å². The van der Waals surface area contributed by atoms with Crippen LogP contribution in [0.2, 0.25) is 0 Å². The fourth-order valence-electron chi connectivity index (χ4n) is 11.9. The second-order valence-electron chi connectivity index (χ2n) is 21.8. The Hall–Kier alpha value is -6.76. The summed E-state index contributed by atoms with van der Waals surface area (Å²) in [7, 11) is 0. The van der Waals surface area contributed by atoms with Crippen molar-refractivity contribution in [1.29, 1.82) is 0 Å². The van der Waals surface area contributed by atoms with Crippen LogP contribution >= 0.6 is 0 Å². The summed E-state index contributed by atoms with van der Waals surface area (Å²) >= 11 is 0. The molecule has 65 heavy (non-hydrogen) atoms. The van der Waals surface area contributed by atoms with E-state index in [9.17, 15) is 0 Å². The van der Waals surface area contributed by atoms with E-state index in [1.54, 1.807) is 0 Å². The van der Waals surface area contributed by atoms with Crippen molar-refractivity contribution in [2.24, 2.45) is 0 Å². The molecule has 3 aliphatic carbocycles. The van der Waals surface area contributed by atoms with E-state index < -0.39 is 0 Å². The van der Waals surface area contributed by atoms with Gasteiger partial charge in [0.1, 0.15) is 0 Å². The number of hydrogen-bond donors (Lipinski definition) is 0. The van der Waals surface area contributed by atoms with Crippen LogP contribution in [0.3, 0.4) is 0 Å². The van der Waals surface area contributed by atoms with Crippen LogP contribution in [0, 0.1) is 0 Å². The van der Waals surface area contributed by atoms with Gasteiger partial charge in [0.2, 0.25) is 0 Å². The van der Waals surface area contributed by atoms with Crippen LogP contribution < -0.4 is 0 Å². The summed E-state index contributed by atoms with van der Waals surface area (Å²) in [5, 5.41) is 2.56. The minimum atomic E-state index is -0.137. The summed E-state index contributed by atoms with van der Waals surface area (Å²) in [6.07, 6.45) is 0. The third kappa shape index (κ3) is 5.89. The van der Waals surface area contributed by atoms with Gasteiger partial charge >= 0.3 is 0 Å². The van der Waals surface area contributed by atoms with E-state index in [0.29, 0.717) is 0 Å². The molecular weight excluding hydrogens is 781 g/mol. The molecule has 0 radical (unpaired) electrons. The predicted molar refractivity (Wildman–Crippen MR) is 277 cm³/mol. The molecule has 0 aliphatic heterocycles. The van der Waals surface area contributed by atoms with Crippen molar-refractivity contribution in [1.82, 2.24) is 0 Å². The Kier molecular flexibility index (Phi) is 8.35. The number of benzene rings is 9. The van der Waals surface area contributed by atoms with Crippen LogP contribution in [0.25, 0.3) is 88.7 Å². The largest absolute Gasteiger partial charge is 0.0616 e. The molecule has 0 heterocycles. The molecule has 9 aromatic carbocycles. The first-order valence-electron chi connectivity index (χ1n) is 23.6. The smallest absolute Gasteiger partial charge is 0.0159 e. The lowest BCUT2D eigenvalue weighted by Gasteiger charge is -2.25. The molecule has 0 nitrogen and oxygen atoms in total. The Balaban J connectivity index is 0.831. The maximum atomic E-state index is 2.48. The highest BCUT2D eigenvalue weighted by atomic mass is 14.4. The summed E-state index contributed by atoms with van der Waals surface area (Å²) in [5.41, 5.74) is 28.0. The van der Waals surface area contributed by atoms with Crippen molar-refractivity contribution in [3.8, 4) is 77.9 Å². The summed E-state index contributed by atoms with van der Waals surface area (Å²) in [6.45, 7) is 21.4. The van der Waals surface area contributed by atoms with Gasteiger partial charge in [0.15, 0.2) is 0 Å². The number of rotatable bonds is 4. The maximum absolute atomic E-state index is 2.48. The van der Waals surface area contributed by atoms with Gasteiger partial charge in [-0.15, -0.1) is 0 Å². The van der Waals surface area contributed by atoms with E-state index in [-0.39, 0.29) is 21.7 Å². The fourth-order valence-corrected chi connectivity index (χ4v) is 11.9. The molecule has 0 spiro atoms. The van der Waals surface area contributed by atoms with Crippen LogP contribution in [-0.2, 0) is 21.7 Å². The van der Waals surface area contributed by atoms with Crippen LogP contribution in [-0.4, -0.2) is 0 Å². The lowest BCUT2D eigenvalue weighted by Crippen LogP contribution is -2.17. The van der Waals surface area contributed by atoms with Crippen LogP contribution in [0.1, 0.15) is 101 Å². The van der Waals surface area contributed by atoms with Gasteiger partial charge in [0, 0.05) is 16.2 Å². The molecule has 12 rings (SSSR count). The molecule has 0 atom stereocenters. The monoisotopic (exact) mass is 836 g/mol. The van der Waals surface area contributed by atoms with Crippen molar-refractivity contribution in [3.05, 3.63) is 215 Å². The molecular formula is C65H56. The van der Waals surface area contributed by atoms with Gasteiger partial charge in [-0.3, -0.25) is 0 Å². The molecule has 0 aromatic heterocycles. The molecule has 3 aliphatic rings. The van der Waals surface area contributed by atoms with Crippen LogP contribution in [0.4, 0.5) is 0 Å². The molecule has 0 bridgehead atoms. The third-order valence-corrected chi connectivity index (χ3v) is 15.9.